The number of halogens is 1. The summed E-state index contributed by atoms with van der Waals surface area (Å²) in [6, 6.07) is 10.4. The molecule has 0 aliphatic rings. The van der Waals surface area contributed by atoms with E-state index in [9.17, 15) is 9.59 Å². The minimum atomic E-state index is -0.645. The van der Waals surface area contributed by atoms with Crippen LogP contribution in [0.4, 0.5) is 0 Å². The van der Waals surface area contributed by atoms with Crippen LogP contribution in [0.25, 0.3) is 0 Å². The van der Waals surface area contributed by atoms with Crippen LogP contribution < -0.4 is 10.2 Å². The molecule has 0 aromatic heterocycles. The lowest BCUT2D eigenvalue weighted by atomic mass is 10.0. The Morgan fingerprint density at radius 3 is 2.39 bits per heavy atom. The molecule has 2 aromatic rings. The number of hydrazine groups is 1. The molecular formula is C22H27ClN2O3. The molecule has 28 heavy (non-hydrogen) atoms. The number of carbonyl (C=O) groups is 2. The maximum atomic E-state index is 13.2. The average Bonchev–Trinajstić information content (AvgIpc) is 2.62. The first-order valence-corrected chi connectivity index (χ1v) is 9.55. The fourth-order valence-electron chi connectivity index (χ4n) is 3.01. The number of nitrogens with one attached hydrogen (secondary N) is 1. The summed E-state index contributed by atoms with van der Waals surface area (Å²) in [7, 11) is 1.57. The second-order valence-corrected chi connectivity index (χ2v) is 8.05. The maximum Gasteiger partial charge on any atom is 0.272 e. The highest BCUT2D eigenvalue weighted by atomic mass is 35.5. The van der Waals surface area contributed by atoms with Gasteiger partial charge >= 0.3 is 0 Å². The highest BCUT2D eigenvalue weighted by molar-refractivity contribution is 6.31. The molecule has 0 atom stereocenters. The zero-order chi connectivity index (χ0) is 21.1. The number of amides is 2. The van der Waals surface area contributed by atoms with E-state index in [1.165, 1.54) is 5.01 Å². The molecule has 0 aliphatic carbocycles. The molecular weight excluding hydrogens is 376 g/mol. The monoisotopic (exact) mass is 402 g/mol. The SMILES string of the molecule is CCc1c(OC)cccc1C(=O)NN(C(=O)c1cc(C)cc(Cl)c1)C(C)(C)C. The van der Waals surface area contributed by atoms with Crippen LogP contribution in [0.2, 0.25) is 5.02 Å². The Balaban J connectivity index is 2.41. The molecule has 0 saturated carbocycles. The van der Waals surface area contributed by atoms with Crippen molar-refractivity contribution in [2.24, 2.45) is 0 Å². The van der Waals surface area contributed by atoms with E-state index in [0.717, 1.165) is 11.1 Å². The molecule has 0 radical (unpaired) electrons. The summed E-state index contributed by atoms with van der Waals surface area (Å²) in [6.07, 6.45) is 0.629. The molecule has 1 N–H and O–H groups in total. The van der Waals surface area contributed by atoms with Gasteiger partial charge in [-0.2, -0.15) is 0 Å². The molecule has 0 fully saturated rings. The van der Waals surface area contributed by atoms with Gasteiger partial charge < -0.3 is 4.74 Å². The fourth-order valence-corrected chi connectivity index (χ4v) is 3.30. The number of aryl methyl sites for hydroxylation is 1. The van der Waals surface area contributed by atoms with Gasteiger partial charge in [0.1, 0.15) is 5.75 Å². The van der Waals surface area contributed by atoms with Crippen LogP contribution in [0.1, 0.15) is 59.5 Å². The van der Waals surface area contributed by atoms with Gasteiger partial charge in [0.05, 0.1) is 12.6 Å². The minimum Gasteiger partial charge on any atom is -0.496 e. The summed E-state index contributed by atoms with van der Waals surface area (Å²) in [5, 5.41) is 1.82. The summed E-state index contributed by atoms with van der Waals surface area (Å²) in [4.78, 5) is 26.2. The number of benzene rings is 2. The first kappa shape index (κ1) is 21.8. The van der Waals surface area contributed by atoms with Crippen molar-refractivity contribution in [3.05, 3.63) is 63.7 Å². The van der Waals surface area contributed by atoms with Gasteiger partial charge in [-0.05, 0) is 70.0 Å². The number of carbonyl (C=O) groups excluding carboxylic acids is 2. The van der Waals surface area contributed by atoms with Crippen LogP contribution in [-0.4, -0.2) is 29.5 Å². The van der Waals surface area contributed by atoms with E-state index >= 15 is 0 Å². The Morgan fingerprint density at radius 2 is 1.86 bits per heavy atom. The molecule has 0 bridgehead atoms. The van der Waals surface area contributed by atoms with Gasteiger partial charge in [-0.3, -0.25) is 15.0 Å². The fraction of sp³-hybridized carbons (Fsp3) is 0.364. The van der Waals surface area contributed by atoms with E-state index in [1.54, 1.807) is 37.4 Å². The highest BCUT2D eigenvalue weighted by Gasteiger charge is 2.30. The molecule has 0 aliphatic heterocycles. The predicted molar refractivity (Wildman–Crippen MR) is 112 cm³/mol. The van der Waals surface area contributed by atoms with Gasteiger partial charge in [-0.15, -0.1) is 0 Å². The van der Waals surface area contributed by atoms with Crippen LogP contribution in [-0.2, 0) is 6.42 Å². The largest absolute Gasteiger partial charge is 0.496 e. The molecule has 2 amide bonds. The Hall–Kier alpha value is -2.53. The van der Waals surface area contributed by atoms with Gasteiger partial charge in [0, 0.05) is 21.7 Å². The van der Waals surface area contributed by atoms with Gasteiger partial charge in [-0.1, -0.05) is 24.6 Å². The molecule has 2 aromatic carbocycles. The van der Waals surface area contributed by atoms with Crippen LogP contribution in [0, 0.1) is 6.92 Å². The average molecular weight is 403 g/mol. The zero-order valence-electron chi connectivity index (χ0n) is 17.2. The first-order chi connectivity index (χ1) is 13.1. The van der Waals surface area contributed by atoms with Crippen molar-refractivity contribution in [3.8, 4) is 5.75 Å². The lowest BCUT2D eigenvalue weighted by molar-refractivity contribution is 0.0358. The Kier molecular flexibility index (Phi) is 6.73. The Morgan fingerprint density at radius 1 is 1.18 bits per heavy atom. The molecule has 5 nitrogen and oxygen atoms in total. The van der Waals surface area contributed by atoms with E-state index in [2.05, 4.69) is 5.43 Å². The third-order valence-electron chi connectivity index (χ3n) is 4.33. The van der Waals surface area contributed by atoms with Crippen molar-refractivity contribution in [2.45, 2.75) is 46.6 Å². The first-order valence-electron chi connectivity index (χ1n) is 9.17. The number of nitrogens with zero attached hydrogens (tertiary/aromatic N) is 1. The number of hydrogen-bond acceptors (Lipinski definition) is 3. The van der Waals surface area contributed by atoms with Crippen molar-refractivity contribution < 1.29 is 14.3 Å². The number of ether oxygens (including phenoxy) is 1. The van der Waals surface area contributed by atoms with Crippen LogP contribution in [0.3, 0.4) is 0 Å². The lowest BCUT2D eigenvalue weighted by Crippen LogP contribution is -2.56. The van der Waals surface area contributed by atoms with Crippen molar-refractivity contribution >= 4 is 23.4 Å². The summed E-state index contributed by atoms with van der Waals surface area (Å²) in [5.41, 5.74) is 4.70. The Bertz CT molecular complexity index is 868. The number of methoxy groups -OCH3 is 1. The summed E-state index contributed by atoms with van der Waals surface area (Å²) in [6.45, 7) is 9.39. The van der Waals surface area contributed by atoms with Crippen molar-refractivity contribution in [1.29, 1.82) is 0 Å². The van der Waals surface area contributed by atoms with Crippen molar-refractivity contribution in [2.75, 3.05) is 7.11 Å². The topological polar surface area (TPSA) is 58.6 Å². The highest BCUT2D eigenvalue weighted by Crippen LogP contribution is 2.24. The number of hydrogen-bond donors (Lipinski definition) is 1. The van der Waals surface area contributed by atoms with Crippen molar-refractivity contribution in [1.82, 2.24) is 10.4 Å². The second kappa shape index (κ2) is 8.65. The summed E-state index contributed by atoms with van der Waals surface area (Å²) < 4.78 is 5.37. The smallest absolute Gasteiger partial charge is 0.272 e. The summed E-state index contributed by atoms with van der Waals surface area (Å²) in [5.74, 6) is -0.0422. The van der Waals surface area contributed by atoms with E-state index in [4.69, 9.17) is 16.3 Å². The molecule has 6 heteroatoms. The minimum absolute atomic E-state index is 0.326. The molecule has 2 rings (SSSR count). The maximum absolute atomic E-state index is 13.2. The predicted octanol–water partition coefficient (Wildman–Crippen LogP) is 4.81. The molecule has 150 valence electrons. The molecule has 0 spiro atoms. The zero-order valence-corrected chi connectivity index (χ0v) is 18.0. The molecule has 0 saturated heterocycles. The van der Waals surface area contributed by atoms with Crippen molar-refractivity contribution in [3.63, 3.8) is 0 Å². The van der Waals surface area contributed by atoms with Crippen LogP contribution in [0.15, 0.2) is 36.4 Å². The third-order valence-corrected chi connectivity index (χ3v) is 4.55. The van der Waals surface area contributed by atoms with E-state index in [-0.39, 0.29) is 11.8 Å². The normalized spacial score (nSPS) is 11.1. The standard InChI is InChI=1S/C22H27ClN2O3/c1-7-17-18(9-8-10-19(17)28-6)20(26)24-25(22(3,4)5)21(27)15-11-14(2)12-16(23)13-15/h8-13H,7H2,1-6H3,(H,24,26). The quantitative estimate of drug-likeness (QED) is 0.747. The van der Waals surface area contributed by atoms with E-state index < -0.39 is 5.54 Å². The van der Waals surface area contributed by atoms with E-state index in [1.807, 2.05) is 40.7 Å². The third kappa shape index (κ3) is 4.84. The molecule has 0 unspecified atom stereocenters. The van der Waals surface area contributed by atoms with Gasteiger partial charge in [0.15, 0.2) is 0 Å². The Labute approximate surface area is 171 Å². The molecule has 0 heterocycles. The second-order valence-electron chi connectivity index (χ2n) is 7.61. The van der Waals surface area contributed by atoms with Gasteiger partial charge in [-0.25, -0.2) is 5.01 Å². The van der Waals surface area contributed by atoms with Crippen LogP contribution in [0.5, 0.6) is 5.75 Å². The van der Waals surface area contributed by atoms with Gasteiger partial charge in [0.25, 0.3) is 11.8 Å². The lowest BCUT2D eigenvalue weighted by Gasteiger charge is -2.35. The number of rotatable bonds is 4. The summed E-state index contributed by atoms with van der Waals surface area (Å²) >= 11 is 6.12. The van der Waals surface area contributed by atoms with E-state index in [0.29, 0.717) is 28.3 Å². The van der Waals surface area contributed by atoms with Crippen LogP contribution >= 0.6 is 11.6 Å². The van der Waals surface area contributed by atoms with Gasteiger partial charge in [0.2, 0.25) is 0 Å².